The molecule has 4 rings (SSSR count). The highest BCUT2D eigenvalue weighted by Gasteiger charge is 2.14. The SMILES string of the molecule is Fc1ccc(COc2ccc(Cl)cc2CNc2ccc(N3CCCCC3)c(Cl)c2)cc1. The van der Waals surface area contributed by atoms with Crippen LogP contribution in [0.4, 0.5) is 15.8 Å². The van der Waals surface area contributed by atoms with Gasteiger partial charge in [0.05, 0.1) is 10.7 Å². The Morgan fingerprint density at radius 2 is 1.68 bits per heavy atom. The van der Waals surface area contributed by atoms with Crippen molar-refractivity contribution in [1.29, 1.82) is 0 Å². The average Bonchev–Trinajstić information content (AvgIpc) is 2.79. The summed E-state index contributed by atoms with van der Waals surface area (Å²) >= 11 is 12.8. The van der Waals surface area contributed by atoms with E-state index in [-0.39, 0.29) is 5.82 Å². The second-order valence-corrected chi connectivity index (χ2v) is 8.58. The summed E-state index contributed by atoms with van der Waals surface area (Å²) in [4.78, 5) is 2.36. The summed E-state index contributed by atoms with van der Waals surface area (Å²) in [5.74, 6) is 0.474. The van der Waals surface area contributed by atoms with E-state index >= 15 is 0 Å². The molecule has 162 valence electrons. The molecule has 0 radical (unpaired) electrons. The molecule has 1 aliphatic heterocycles. The number of hydrogen-bond donors (Lipinski definition) is 1. The van der Waals surface area contributed by atoms with Crippen LogP contribution in [-0.4, -0.2) is 13.1 Å². The molecule has 0 aliphatic carbocycles. The molecule has 31 heavy (non-hydrogen) atoms. The van der Waals surface area contributed by atoms with Gasteiger partial charge in [-0.05, 0) is 73.4 Å². The number of anilines is 2. The van der Waals surface area contributed by atoms with Crippen LogP contribution in [0.25, 0.3) is 0 Å². The van der Waals surface area contributed by atoms with Gasteiger partial charge in [-0.2, -0.15) is 0 Å². The van der Waals surface area contributed by atoms with Crippen LogP contribution < -0.4 is 15.0 Å². The Hall–Kier alpha value is -2.43. The molecule has 0 aromatic heterocycles. The molecular formula is C25H25Cl2FN2O. The van der Waals surface area contributed by atoms with E-state index in [1.807, 2.05) is 18.2 Å². The zero-order valence-corrected chi connectivity index (χ0v) is 18.7. The smallest absolute Gasteiger partial charge is 0.124 e. The molecule has 0 amide bonds. The fourth-order valence-electron chi connectivity index (χ4n) is 3.77. The van der Waals surface area contributed by atoms with Crippen molar-refractivity contribution < 1.29 is 9.13 Å². The van der Waals surface area contributed by atoms with Gasteiger partial charge in [0.15, 0.2) is 0 Å². The van der Waals surface area contributed by atoms with Gasteiger partial charge in [0.2, 0.25) is 0 Å². The normalized spacial score (nSPS) is 13.8. The fourth-order valence-corrected chi connectivity index (χ4v) is 4.27. The summed E-state index contributed by atoms with van der Waals surface area (Å²) in [5, 5.41) is 4.81. The van der Waals surface area contributed by atoms with Crippen LogP contribution in [-0.2, 0) is 13.2 Å². The van der Waals surface area contributed by atoms with E-state index in [0.29, 0.717) is 18.2 Å². The third kappa shape index (κ3) is 5.84. The van der Waals surface area contributed by atoms with Gasteiger partial charge in [0.25, 0.3) is 0 Å². The van der Waals surface area contributed by atoms with Crippen LogP contribution in [0.5, 0.6) is 5.75 Å². The first-order chi connectivity index (χ1) is 15.1. The summed E-state index contributed by atoms with van der Waals surface area (Å²) in [5.41, 5.74) is 3.87. The standard InChI is InChI=1S/C25H25Cl2FN2O/c26-20-6-11-25(31-17-18-4-7-21(28)8-5-18)19(14-20)16-29-22-9-10-24(23(27)15-22)30-12-2-1-3-13-30/h4-11,14-15,29H,1-3,12-13,16-17H2. The van der Waals surface area contributed by atoms with Crippen molar-refractivity contribution in [1.82, 2.24) is 0 Å². The molecule has 1 saturated heterocycles. The predicted molar refractivity (Wildman–Crippen MR) is 127 cm³/mol. The number of nitrogens with one attached hydrogen (secondary N) is 1. The predicted octanol–water partition coefficient (Wildman–Crippen LogP) is 7.31. The van der Waals surface area contributed by atoms with Crippen LogP contribution in [0.15, 0.2) is 60.7 Å². The van der Waals surface area contributed by atoms with Crippen molar-refractivity contribution in [3.05, 3.63) is 87.7 Å². The van der Waals surface area contributed by atoms with Crippen molar-refractivity contribution in [2.75, 3.05) is 23.3 Å². The van der Waals surface area contributed by atoms with E-state index in [1.165, 1.54) is 31.4 Å². The van der Waals surface area contributed by atoms with Gasteiger partial charge in [-0.1, -0.05) is 35.3 Å². The highest BCUT2D eigenvalue weighted by Crippen LogP contribution is 2.31. The van der Waals surface area contributed by atoms with Crippen LogP contribution in [0.2, 0.25) is 10.0 Å². The molecule has 3 nitrogen and oxygen atoms in total. The van der Waals surface area contributed by atoms with Gasteiger partial charge in [0, 0.05) is 35.9 Å². The number of nitrogens with zero attached hydrogens (tertiary/aromatic N) is 1. The molecule has 3 aromatic rings. The third-order valence-electron chi connectivity index (χ3n) is 5.46. The molecule has 0 atom stereocenters. The molecule has 3 aromatic carbocycles. The minimum atomic E-state index is -0.259. The Bertz CT molecular complexity index is 1020. The molecule has 0 spiro atoms. The number of hydrogen-bond acceptors (Lipinski definition) is 3. The first kappa shape index (κ1) is 21.8. The van der Waals surface area contributed by atoms with Crippen molar-refractivity contribution in [2.45, 2.75) is 32.4 Å². The Labute approximate surface area is 192 Å². The maximum atomic E-state index is 13.1. The summed E-state index contributed by atoms with van der Waals surface area (Å²) in [6, 6.07) is 17.9. The fraction of sp³-hybridized carbons (Fsp3) is 0.280. The van der Waals surface area contributed by atoms with Gasteiger partial charge in [0.1, 0.15) is 18.2 Å². The minimum absolute atomic E-state index is 0.259. The third-order valence-corrected chi connectivity index (χ3v) is 6.00. The van der Waals surface area contributed by atoms with Crippen molar-refractivity contribution in [3.8, 4) is 5.75 Å². The van der Waals surface area contributed by atoms with Crippen LogP contribution in [0.1, 0.15) is 30.4 Å². The van der Waals surface area contributed by atoms with E-state index in [0.717, 1.165) is 46.4 Å². The van der Waals surface area contributed by atoms with Gasteiger partial charge in [-0.25, -0.2) is 4.39 Å². The number of halogens is 3. The van der Waals surface area contributed by atoms with Gasteiger partial charge in [-0.15, -0.1) is 0 Å². The Morgan fingerprint density at radius 1 is 0.903 bits per heavy atom. The molecular weight excluding hydrogens is 434 g/mol. The highest BCUT2D eigenvalue weighted by atomic mass is 35.5. The first-order valence-electron chi connectivity index (χ1n) is 10.5. The van der Waals surface area contributed by atoms with Crippen molar-refractivity contribution in [3.63, 3.8) is 0 Å². The van der Waals surface area contributed by atoms with E-state index in [9.17, 15) is 4.39 Å². The molecule has 0 saturated carbocycles. The second kappa shape index (κ2) is 10.3. The summed E-state index contributed by atoms with van der Waals surface area (Å²) in [6.07, 6.45) is 3.72. The van der Waals surface area contributed by atoms with Gasteiger partial charge >= 0.3 is 0 Å². The number of benzene rings is 3. The lowest BCUT2D eigenvalue weighted by atomic mass is 10.1. The van der Waals surface area contributed by atoms with Crippen LogP contribution in [0, 0.1) is 5.82 Å². The quantitative estimate of drug-likeness (QED) is 0.401. The Kier molecular flexibility index (Phi) is 7.21. The van der Waals surface area contributed by atoms with Crippen LogP contribution in [0.3, 0.4) is 0 Å². The van der Waals surface area contributed by atoms with E-state index in [1.54, 1.807) is 18.2 Å². The average molecular weight is 459 g/mol. The number of piperidine rings is 1. The maximum absolute atomic E-state index is 13.1. The second-order valence-electron chi connectivity index (χ2n) is 7.73. The molecule has 1 N–H and O–H groups in total. The number of ether oxygens (including phenoxy) is 1. The van der Waals surface area contributed by atoms with E-state index in [4.69, 9.17) is 27.9 Å². The van der Waals surface area contributed by atoms with Crippen LogP contribution >= 0.6 is 23.2 Å². The monoisotopic (exact) mass is 458 g/mol. The molecule has 1 heterocycles. The summed E-state index contributed by atoms with van der Waals surface area (Å²) in [6.45, 7) is 3.01. The minimum Gasteiger partial charge on any atom is -0.489 e. The zero-order valence-electron chi connectivity index (χ0n) is 17.2. The summed E-state index contributed by atoms with van der Waals surface area (Å²) < 4.78 is 19.1. The lowest BCUT2D eigenvalue weighted by molar-refractivity contribution is 0.303. The molecule has 6 heteroatoms. The zero-order chi connectivity index (χ0) is 21.6. The largest absolute Gasteiger partial charge is 0.489 e. The molecule has 0 bridgehead atoms. The molecule has 1 fully saturated rings. The van der Waals surface area contributed by atoms with Gasteiger partial charge in [-0.3, -0.25) is 0 Å². The van der Waals surface area contributed by atoms with E-state index in [2.05, 4.69) is 22.3 Å². The highest BCUT2D eigenvalue weighted by molar-refractivity contribution is 6.33. The van der Waals surface area contributed by atoms with Gasteiger partial charge < -0.3 is 15.0 Å². The molecule has 0 unspecified atom stereocenters. The van der Waals surface area contributed by atoms with Crippen molar-refractivity contribution in [2.24, 2.45) is 0 Å². The van der Waals surface area contributed by atoms with E-state index < -0.39 is 0 Å². The number of rotatable bonds is 7. The molecule has 1 aliphatic rings. The Balaban J connectivity index is 1.42. The first-order valence-corrected chi connectivity index (χ1v) is 11.3. The Morgan fingerprint density at radius 3 is 2.42 bits per heavy atom. The topological polar surface area (TPSA) is 24.5 Å². The summed E-state index contributed by atoms with van der Waals surface area (Å²) in [7, 11) is 0. The maximum Gasteiger partial charge on any atom is 0.124 e. The lowest BCUT2D eigenvalue weighted by Crippen LogP contribution is -2.29. The lowest BCUT2D eigenvalue weighted by Gasteiger charge is -2.29. The van der Waals surface area contributed by atoms with Crippen molar-refractivity contribution >= 4 is 34.6 Å².